The van der Waals surface area contributed by atoms with Gasteiger partial charge in [0.25, 0.3) is 0 Å². The van der Waals surface area contributed by atoms with Crippen molar-refractivity contribution in [2.45, 2.75) is 0 Å². The van der Waals surface area contributed by atoms with E-state index in [-0.39, 0.29) is 0 Å². The van der Waals surface area contributed by atoms with Crippen molar-refractivity contribution in [1.29, 1.82) is 0 Å². The predicted molar refractivity (Wildman–Crippen MR) is 342 cm³/mol. The van der Waals surface area contributed by atoms with Gasteiger partial charge in [0.05, 0.1) is 46.5 Å². The van der Waals surface area contributed by atoms with Crippen molar-refractivity contribution in [3.63, 3.8) is 0 Å². The monoisotopic (exact) mass is 1030 g/mol. The number of hydrogen-bond donors (Lipinski definition) is 0. The molecule has 0 radical (unpaired) electrons. The summed E-state index contributed by atoms with van der Waals surface area (Å²) >= 11 is 0. The van der Waals surface area contributed by atoms with E-state index in [1.54, 1.807) is 0 Å². The molecule has 0 saturated carbocycles. The van der Waals surface area contributed by atoms with Crippen LogP contribution in [0.3, 0.4) is 0 Å². The van der Waals surface area contributed by atoms with Crippen LogP contribution in [-0.4, -0.2) is 9.97 Å². The first-order chi connectivity index (χ1) is 40.1. The van der Waals surface area contributed by atoms with Crippen LogP contribution in [-0.2, 0) is 0 Å². The van der Waals surface area contributed by atoms with E-state index < -0.39 is 0 Å². The molecule has 380 valence electrons. The number of aromatic nitrogens is 2. The second-order valence-electron chi connectivity index (χ2n) is 20.6. The molecule has 0 fully saturated rings. The van der Waals surface area contributed by atoms with E-state index in [4.69, 9.17) is 9.97 Å². The minimum Gasteiger partial charge on any atom is -0.310 e. The van der Waals surface area contributed by atoms with E-state index in [0.717, 1.165) is 73.7 Å². The van der Waals surface area contributed by atoms with Crippen molar-refractivity contribution in [3.05, 3.63) is 310 Å². The summed E-state index contributed by atoms with van der Waals surface area (Å²) in [5.74, 6) is 0. The second-order valence-corrected chi connectivity index (χ2v) is 20.6. The molecular formula is C76H51N5. The van der Waals surface area contributed by atoms with Gasteiger partial charge in [0.1, 0.15) is 0 Å². The summed E-state index contributed by atoms with van der Waals surface area (Å²) in [6, 6.07) is 107. The van der Waals surface area contributed by atoms with Gasteiger partial charge in [0.2, 0.25) is 0 Å². The summed E-state index contributed by atoms with van der Waals surface area (Å²) in [7, 11) is 0. The van der Waals surface area contributed by atoms with E-state index in [1.165, 1.54) is 64.6 Å². The Hall–Kier alpha value is -10.9. The lowest BCUT2D eigenvalue weighted by atomic mass is 9.97. The molecule has 0 aliphatic carbocycles. The van der Waals surface area contributed by atoms with Gasteiger partial charge in [0, 0.05) is 50.3 Å². The second kappa shape index (κ2) is 20.2. The third-order valence-electron chi connectivity index (χ3n) is 15.8. The number of nitrogens with zero attached hydrogens (tertiary/aromatic N) is 5. The van der Waals surface area contributed by atoms with Crippen LogP contribution < -0.4 is 14.7 Å². The maximum absolute atomic E-state index is 5.08. The van der Waals surface area contributed by atoms with E-state index in [1.807, 2.05) is 12.4 Å². The van der Waals surface area contributed by atoms with Crippen molar-refractivity contribution in [1.82, 2.24) is 9.97 Å². The molecule has 5 nitrogen and oxygen atoms in total. The van der Waals surface area contributed by atoms with Gasteiger partial charge in [0.15, 0.2) is 0 Å². The summed E-state index contributed by atoms with van der Waals surface area (Å²) in [5, 5.41) is 14.3. The number of pyridine rings is 2. The lowest BCUT2D eigenvalue weighted by molar-refractivity contribution is 1.24. The van der Waals surface area contributed by atoms with Crippen LogP contribution in [0.5, 0.6) is 0 Å². The summed E-state index contributed by atoms with van der Waals surface area (Å²) in [4.78, 5) is 17.1. The van der Waals surface area contributed by atoms with E-state index >= 15 is 0 Å². The molecule has 0 N–H and O–H groups in total. The van der Waals surface area contributed by atoms with E-state index in [2.05, 4.69) is 312 Å². The zero-order valence-electron chi connectivity index (χ0n) is 44.2. The summed E-state index contributed by atoms with van der Waals surface area (Å²) in [6.45, 7) is 0. The van der Waals surface area contributed by atoms with Crippen LogP contribution in [0.15, 0.2) is 310 Å². The Bertz CT molecular complexity index is 4520. The Labute approximate surface area is 470 Å². The van der Waals surface area contributed by atoms with Gasteiger partial charge in [-0.1, -0.05) is 188 Å². The van der Waals surface area contributed by atoms with Crippen LogP contribution in [0.4, 0.5) is 51.2 Å². The average molecular weight is 1030 g/mol. The smallest absolute Gasteiger partial charge is 0.0703 e. The lowest BCUT2D eigenvalue weighted by Gasteiger charge is -2.26. The van der Waals surface area contributed by atoms with Gasteiger partial charge in [-0.3, -0.25) is 9.97 Å². The molecule has 5 heteroatoms. The van der Waals surface area contributed by atoms with Crippen LogP contribution >= 0.6 is 0 Å². The Morgan fingerprint density at radius 2 is 0.543 bits per heavy atom. The molecule has 0 amide bonds. The number of fused-ring (bicyclic) bond motifs is 8. The minimum absolute atomic E-state index is 0.928. The molecule has 2 heterocycles. The zero-order chi connectivity index (χ0) is 53.6. The molecule has 0 aliphatic rings. The minimum atomic E-state index is 0.928. The van der Waals surface area contributed by atoms with Gasteiger partial charge >= 0.3 is 0 Å². The van der Waals surface area contributed by atoms with E-state index in [0.29, 0.717) is 0 Å². The van der Waals surface area contributed by atoms with E-state index in [9.17, 15) is 0 Å². The SMILES string of the molecule is c1ccc(N(c2ccc3c(ccc4cc(-c5ccc(N(c6ccccc6)c6cccc7ccccc67)cn5)ccc43)c2)c2ccc3c(ccc4cc(-c5ccc(N(c6ccccc6)c6cccc7ccccc67)cn5)ccc43)c2)cc1. The topological polar surface area (TPSA) is 35.5 Å². The highest BCUT2D eigenvalue weighted by Gasteiger charge is 2.20. The third kappa shape index (κ3) is 8.71. The van der Waals surface area contributed by atoms with Gasteiger partial charge in [-0.05, 0) is 163 Å². The number of para-hydroxylation sites is 3. The highest BCUT2D eigenvalue weighted by atomic mass is 15.2. The maximum atomic E-state index is 5.08. The standard InChI is InChI=1S/C76H51N5/c1-4-20-60(21-5-1)79(63-36-42-69-56(48-63)32-30-54-46-58(34-40-67(54)69)73-44-38-65(50-77-73)80(61-22-6-2-7-23-61)75-28-14-18-52-16-10-12-26-71(52)75)64-37-43-70-57(49-64)33-31-55-47-59(35-41-68(55)70)74-45-39-66(51-78-74)81(62-24-8-3-9-25-62)76-29-15-19-53-17-11-13-27-72(53)76/h1-51H. The Morgan fingerprint density at radius 3 is 0.951 bits per heavy atom. The normalized spacial score (nSPS) is 11.5. The van der Waals surface area contributed by atoms with Crippen molar-refractivity contribution >= 4 is 116 Å². The number of rotatable bonds is 11. The molecule has 0 atom stereocenters. The molecule has 15 rings (SSSR count). The summed E-state index contributed by atoms with van der Waals surface area (Å²) in [5.41, 5.74) is 13.7. The van der Waals surface area contributed by atoms with Crippen molar-refractivity contribution in [3.8, 4) is 22.5 Å². The van der Waals surface area contributed by atoms with Gasteiger partial charge in [-0.25, -0.2) is 0 Å². The molecule has 0 unspecified atom stereocenters. The van der Waals surface area contributed by atoms with Crippen molar-refractivity contribution < 1.29 is 0 Å². The third-order valence-corrected chi connectivity index (χ3v) is 15.8. The van der Waals surface area contributed by atoms with Crippen molar-refractivity contribution in [2.24, 2.45) is 0 Å². The molecule has 0 bridgehead atoms. The molecule has 81 heavy (non-hydrogen) atoms. The van der Waals surface area contributed by atoms with Crippen LogP contribution in [0, 0.1) is 0 Å². The molecule has 13 aromatic carbocycles. The largest absolute Gasteiger partial charge is 0.310 e. The molecule has 0 aliphatic heterocycles. The Kier molecular flexibility index (Phi) is 11.8. The predicted octanol–water partition coefficient (Wildman–Crippen LogP) is 21.1. The fourth-order valence-electron chi connectivity index (χ4n) is 11.9. The van der Waals surface area contributed by atoms with Gasteiger partial charge in [-0.2, -0.15) is 0 Å². The number of anilines is 9. The first-order valence-corrected chi connectivity index (χ1v) is 27.5. The van der Waals surface area contributed by atoms with Crippen molar-refractivity contribution in [2.75, 3.05) is 14.7 Å². The first kappa shape index (κ1) is 47.3. The molecule has 0 saturated heterocycles. The van der Waals surface area contributed by atoms with Crippen LogP contribution in [0.25, 0.3) is 87.1 Å². The Morgan fingerprint density at radius 1 is 0.198 bits per heavy atom. The van der Waals surface area contributed by atoms with Gasteiger partial charge < -0.3 is 14.7 Å². The highest BCUT2D eigenvalue weighted by Crippen LogP contribution is 2.43. The van der Waals surface area contributed by atoms with Crippen LogP contribution in [0.1, 0.15) is 0 Å². The number of benzene rings is 13. The summed E-state index contributed by atoms with van der Waals surface area (Å²) in [6.07, 6.45) is 3.99. The molecular weight excluding hydrogens is 983 g/mol. The lowest BCUT2D eigenvalue weighted by Crippen LogP contribution is -2.10. The molecule has 2 aromatic heterocycles. The maximum Gasteiger partial charge on any atom is 0.0703 e. The molecule has 0 spiro atoms. The summed E-state index contributed by atoms with van der Waals surface area (Å²) < 4.78 is 0. The van der Waals surface area contributed by atoms with Gasteiger partial charge in [-0.15, -0.1) is 0 Å². The highest BCUT2D eigenvalue weighted by molar-refractivity contribution is 6.11. The average Bonchev–Trinajstić information content (AvgIpc) is 3.67. The zero-order valence-corrected chi connectivity index (χ0v) is 44.2. The Balaban J connectivity index is 0.719. The number of hydrogen-bond acceptors (Lipinski definition) is 5. The quantitative estimate of drug-likeness (QED) is 0.121. The fourth-order valence-corrected chi connectivity index (χ4v) is 11.9. The first-order valence-electron chi connectivity index (χ1n) is 27.5. The van der Waals surface area contributed by atoms with Crippen LogP contribution in [0.2, 0.25) is 0 Å². The molecule has 15 aromatic rings. The fraction of sp³-hybridized carbons (Fsp3) is 0.